The minimum absolute atomic E-state index is 0.0780. The van der Waals surface area contributed by atoms with E-state index in [1.165, 1.54) is 13.2 Å². The second-order valence-corrected chi connectivity index (χ2v) is 5.98. The highest BCUT2D eigenvalue weighted by Crippen LogP contribution is 2.26. The molecule has 7 heteroatoms. The van der Waals surface area contributed by atoms with Crippen LogP contribution in [0.15, 0.2) is 17.0 Å². The molecule has 0 radical (unpaired) electrons. The van der Waals surface area contributed by atoms with Crippen molar-refractivity contribution in [1.29, 1.82) is 0 Å². The molecule has 0 aliphatic heterocycles. The van der Waals surface area contributed by atoms with Crippen LogP contribution in [0.2, 0.25) is 5.02 Å². The first-order valence-electron chi connectivity index (χ1n) is 4.10. The Hall–Kier alpha value is -0.780. The molecule has 0 saturated heterocycles. The normalized spacial score (nSPS) is 11.2. The van der Waals surface area contributed by atoms with Crippen molar-refractivity contribution in [2.45, 2.75) is 11.8 Å². The van der Waals surface area contributed by atoms with Crippen molar-refractivity contribution in [1.82, 2.24) is 0 Å². The molecule has 0 aliphatic rings. The molecule has 0 aromatic heterocycles. The lowest BCUT2D eigenvalue weighted by Crippen LogP contribution is -2.06. The summed E-state index contributed by atoms with van der Waals surface area (Å²) in [5.41, 5.74) is 0.520. The summed E-state index contributed by atoms with van der Waals surface area (Å²) in [5.74, 6) is -0.665. The summed E-state index contributed by atoms with van der Waals surface area (Å²) in [6.45, 7) is 1.58. The first-order chi connectivity index (χ1) is 7.27. The predicted octanol–water partition coefficient (Wildman–Crippen LogP) is 2.36. The van der Waals surface area contributed by atoms with Gasteiger partial charge in [-0.1, -0.05) is 11.6 Å². The molecule has 88 valence electrons. The Labute approximate surface area is 103 Å². The van der Waals surface area contributed by atoms with Crippen LogP contribution in [0.25, 0.3) is 0 Å². The SMILES string of the molecule is COC(=O)c1cc(S(=O)(=O)Cl)cc(Cl)c1C. The van der Waals surface area contributed by atoms with E-state index in [4.69, 9.17) is 22.3 Å². The summed E-state index contributed by atoms with van der Waals surface area (Å²) in [6, 6.07) is 2.32. The monoisotopic (exact) mass is 282 g/mol. The van der Waals surface area contributed by atoms with Gasteiger partial charge < -0.3 is 4.74 Å². The standard InChI is InChI=1S/C9H8Cl2O4S/c1-5-7(9(12)15-2)3-6(4-8(5)10)16(11,13)14/h3-4H,1-2H3. The molecule has 0 fully saturated rings. The molecule has 4 nitrogen and oxygen atoms in total. The molecular weight excluding hydrogens is 275 g/mol. The molecular formula is C9H8Cl2O4S. The van der Waals surface area contributed by atoms with Crippen molar-refractivity contribution in [3.05, 3.63) is 28.3 Å². The molecule has 0 bridgehead atoms. The number of halogens is 2. The molecule has 1 aromatic rings. The van der Waals surface area contributed by atoms with E-state index in [0.717, 1.165) is 6.07 Å². The Morgan fingerprint density at radius 1 is 1.38 bits per heavy atom. The third-order valence-electron chi connectivity index (χ3n) is 2.00. The zero-order chi connectivity index (χ0) is 12.5. The Morgan fingerprint density at radius 3 is 2.38 bits per heavy atom. The summed E-state index contributed by atoms with van der Waals surface area (Å²) >= 11 is 5.80. The number of carbonyl (C=O) groups excluding carboxylic acids is 1. The second-order valence-electron chi connectivity index (χ2n) is 3.01. The van der Waals surface area contributed by atoms with Crippen molar-refractivity contribution in [3.8, 4) is 0 Å². The van der Waals surface area contributed by atoms with Gasteiger partial charge in [-0.05, 0) is 24.6 Å². The quantitative estimate of drug-likeness (QED) is 0.617. The largest absolute Gasteiger partial charge is 0.465 e. The Balaban J connectivity index is 3.51. The maximum atomic E-state index is 11.3. The second kappa shape index (κ2) is 4.61. The summed E-state index contributed by atoms with van der Waals surface area (Å²) in [4.78, 5) is 11.1. The molecule has 0 N–H and O–H groups in total. The van der Waals surface area contributed by atoms with Gasteiger partial charge in [-0.2, -0.15) is 0 Å². The van der Waals surface area contributed by atoms with Crippen LogP contribution in [0.1, 0.15) is 15.9 Å². The number of methoxy groups -OCH3 is 1. The molecule has 0 spiro atoms. The van der Waals surface area contributed by atoms with E-state index in [1.54, 1.807) is 6.92 Å². The van der Waals surface area contributed by atoms with Crippen molar-refractivity contribution >= 4 is 37.3 Å². The maximum Gasteiger partial charge on any atom is 0.338 e. The van der Waals surface area contributed by atoms with E-state index < -0.39 is 15.0 Å². The van der Waals surface area contributed by atoms with E-state index in [9.17, 15) is 13.2 Å². The summed E-state index contributed by atoms with van der Waals surface area (Å²) < 4.78 is 26.7. The minimum Gasteiger partial charge on any atom is -0.465 e. The van der Waals surface area contributed by atoms with Crippen molar-refractivity contribution in [2.75, 3.05) is 7.11 Å². The fourth-order valence-electron chi connectivity index (χ4n) is 1.12. The highest BCUT2D eigenvalue weighted by molar-refractivity contribution is 8.13. The third-order valence-corrected chi connectivity index (χ3v) is 3.73. The molecule has 0 aliphatic carbocycles. The fourth-order valence-corrected chi connectivity index (χ4v) is 2.19. The van der Waals surface area contributed by atoms with E-state index in [-0.39, 0.29) is 15.5 Å². The highest BCUT2D eigenvalue weighted by Gasteiger charge is 2.18. The molecule has 16 heavy (non-hydrogen) atoms. The number of rotatable bonds is 2. The molecule has 0 heterocycles. The highest BCUT2D eigenvalue weighted by atomic mass is 35.7. The molecule has 0 amide bonds. The topological polar surface area (TPSA) is 60.4 Å². The minimum atomic E-state index is -3.93. The summed E-state index contributed by atoms with van der Waals surface area (Å²) in [6.07, 6.45) is 0. The molecule has 0 atom stereocenters. The van der Waals surface area contributed by atoms with Gasteiger partial charge in [-0.15, -0.1) is 0 Å². The van der Waals surface area contributed by atoms with Gasteiger partial charge in [0, 0.05) is 15.7 Å². The van der Waals surface area contributed by atoms with Crippen LogP contribution in [0.5, 0.6) is 0 Å². The number of hydrogen-bond acceptors (Lipinski definition) is 4. The van der Waals surface area contributed by atoms with E-state index in [1.807, 2.05) is 0 Å². The first-order valence-corrected chi connectivity index (χ1v) is 6.79. The van der Waals surface area contributed by atoms with Crippen LogP contribution >= 0.6 is 22.3 Å². The van der Waals surface area contributed by atoms with Crippen LogP contribution in [0, 0.1) is 6.92 Å². The van der Waals surface area contributed by atoms with Crippen molar-refractivity contribution in [2.24, 2.45) is 0 Å². The first kappa shape index (κ1) is 13.3. The average molecular weight is 283 g/mol. The number of esters is 1. The van der Waals surface area contributed by atoms with Gasteiger partial charge in [-0.25, -0.2) is 13.2 Å². The van der Waals surface area contributed by atoms with Crippen LogP contribution in [0.3, 0.4) is 0 Å². The van der Waals surface area contributed by atoms with Crippen LogP contribution in [-0.4, -0.2) is 21.5 Å². The average Bonchev–Trinajstić information content (AvgIpc) is 2.19. The molecule has 0 saturated carbocycles. The molecule has 1 rings (SSSR count). The predicted molar refractivity (Wildman–Crippen MR) is 60.6 cm³/mol. The zero-order valence-corrected chi connectivity index (χ0v) is 10.8. The number of carbonyl (C=O) groups is 1. The van der Waals surface area contributed by atoms with Gasteiger partial charge in [0.25, 0.3) is 9.05 Å². The van der Waals surface area contributed by atoms with Gasteiger partial charge >= 0.3 is 5.97 Å². The number of ether oxygens (including phenoxy) is 1. The molecule has 1 aromatic carbocycles. The number of benzene rings is 1. The van der Waals surface area contributed by atoms with Crippen LogP contribution < -0.4 is 0 Å². The number of hydrogen-bond donors (Lipinski definition) is 0. The Kier molecular flexibility index (Phi) is 3.83. The van der Waals surface area contributed by atoms with E-state index in [2.05, 4.69) is 4.74 Å². The van der Waals surface area contributed by atoms with Gasteiger partial charge in [0.05, 0.1) is 17.6 Å². The fraction of sp³-hybridized carbons (Fsp3) is 0.222. The third kappa shape index (κ3) is 2.66. The van der Waals surface area contributed by atoms with Crippen molar-refractivity contribution in [3.63, 3.8) is 0 Å². The van der Waals surface area contributed by atoms with Gasteiger partial charge in [-0.3, -0.25) is 0 Å². The van der Waals surface area contributed by atoms with Gasteiger partial charge in [0.2, 0.25) is 0 Å². The zero-order valence-electron chi connectivity index (χ0n) is 8.45. The lowest BCUT2D eigenvalue weighted by Gasteiger charge is -2.07. The Morgan fingerprint density at radius 2 is 1.94 bits per heavy atom. The van der Waals surface area contributed by atoms with Crippen molar-refractivity contribution < 1.29 is 17.9 Å². The summed E-state index contributed by atoms with van der Waals surface area (Å²) in [5, 5.41) is 0.141. The smallest absolute Gasteiger partial charge is 0.338 e. The lowest BCUT2D eigenvalue weighted by molar-refractivity contribution is 0.0599. The molecule has 0 unspecified atom stereocenters. The Bertz CT molecular complexity index is 537. The van der Waals surface area contributed by atoms with Gasteiger partial charge in [0.15, 0.2) is 0 Å². The lowest BCUT2D eigenvalue weighted by atomic mass is 10.1. The van der Waals surface area contributed by atoms with Crippen LogP contribution in [0.4, 0.5) is 0 Å². The van der Waals surface area contributed by atoms with E-state index >= 15 is 0 Å². The van der Waals surface area contributed by atoms with E-state index in [0.29, 0.717) is 5.56 Å². The van der Waals surface area contributed by atoms with Gasteiger partial charge in [0.1, 0.15) is 0 Å². The maximum absolute atomic E-state index is 11.3. The summed E-state index contributed by atoms with van der Waals surface area (Å²) in [7, 11) is 2.43. The van der Waals surface area contributed by atoms with Crippen LogP contribution in [-0.2, 0) is 13.8 Å².